The summed E-state index contributed by atoms with van der Waals surface area (Å²) in [4.78, 5) is 0. The molecule has 0 heterocycles. The molecule has 0 amide bonds. The third-order valence-corrected chi connectivity index (χ3v) is 2.74. The van der Waals surface area contributed by atoms with Gasteiger partial charge in [0.25, 0.3) is 0 Å². The summed E-state index contributed by atoms with van der Waals surface area (Å²) in [6.07, 6.45) is 2.55. The topological polar surface area (TPSA) is 46.2 Å². The number of halogens is 1. The third-order valence-electron chi connectivity index (χ3n) is 1.80. The quantitative estimate of drug-likeness (QED) is 0.663. The van der Waals surface area contributed by atoms with E-state index in [1.807, 2.05) is 6.07 Å². The predicted molar refractivity (Wildman–Crippen MR) is 62.6 cm³/mol. The van der Waals surface area contributed by atoms with Crippen molar-refractivity contribution in [3.63, 3.8) is 0 Å². The van der Waals surface area contributed by atoms with Gasteiger partial charge in [-0.05, 0) is 46.7 Å². The van der Waals surface area contributed by atoms with E-state index >= 15 is 0 Å². The van der Waals surface area contributed by atoms with E-state index in [4.69, 9.17) is 5.73 Å². The lowest BCUT2D eigenvalue weighted by molar-refractivity contribution is 0.474. The fourth-order valence-corrected chi connectivity index (χ4v) is 2.02. The maximum atomic E-state index is 9.18. The van der Waals surface area contributed by atoms with Crippen LogP contribution in [-0.2, 0) is 0 Å². The number of rotatable bonds is 3. The molecule has 0 bridgehead atoms. The van der Waals surface area contributed by atoms with Crippen molar-refractivity contribution in [1.29, 1.82) is 0 Å². The van der Waals surface area contributed by atoms with E-state index in [9.17, 15) is 5.11 Å². The Bertz CT molecular complexity index is 312. The van der Waals surface area contributed by atoms with Crippen LogP contribution in [-0.4, -0.2) is 5.11 Å². The second-order valence-corrected chi connectivity index (χ2v) is 4.00. The van der Waals surface area contributed by atoms with Crippen molar-refractivity contribution in [3.05, 3.63) is 40.0 Å². The zero-order chi connectivity index (χ0) is 9.84. The first-order valence-corrected chi connectivity index (χ1v) is 5.08. The Morgan fingerprint density at radius 1 is 1.62 bits per heavy atom. The summed E-state index contributed by atoms with van der Waals surface area (Å²) in [6.45, 7) is 3.64. The summed E-state index contributed by atoms with van der Waals surface area (Å²) in [5.74, 6) is 0.277. The van der Waals surface area contributed by atoms with Gasteiger partial charge < -0.3 is 10.8 Å². The number of nitrogens with two attached hydrogens (primary N) is 1. The van der Waals surface area contributed by atoms with Gasteiger partial charge in [0, 0.05) is 9.61 Å². The molecule has 0 fully saturated rings. The van der Waals surface area contributed by atoms with E-state index < -0.39 is 0 Å². The molecule has 0 aliphatic carbocycles. The molecule has 3 N–H and O–H groups in total. The minimum absolute atomic E-state index is 0.0231. The summed E-state index contributed by atoms with van der Waals surface area (Å²) in [5, 5.41) is 9.18. The maximum Gasteiger partial charge on any atom is 0.116 e. The van der Waals surface area contributed by atoms with Gasteiger partial charge >= 0.3 is 0 Å². The van der Waals surface area contributed by atoms with Crippen LogP contribution in [0.4, 0.5) is 0 Å². The van der Waals surface area contributed by atoms with Crippen molar-refractivity contribution in [1.82, 2.24) is 0 Å². The molecule has 0 saturated carbocycles. The van der Waals surface area contributed by atoms with Crippen LogP contribution < -0.4 is 5.73 Å². The van der Waals surface area contributed by atoms with Gasteiger partial charge in [0.1, 0.15) is 5.75 Å². The lowest BCUT2D eigenvalue weighted by Crippen LogP contribution is -2.10. The first-order chi connectivity index (χ1) is 6.15. The molecule has 3 heteroatoms. The molecule has 13 heavy (non-hydrogen) atoms. The highest BCUT2D eigenvalue weighted by molar-refractivity contribution is 14.1. The van der Waals surface area contributed by atoms with Gasteiger partial charge in [-0.3, -0.25) is 0 Å². The Morgan fingerprint density at radius 3 is 2.85 bits per heavy atom. The average Bonchev–Trinajstić information content (AvgIpc) is 2.04. The molecule has 2 nitrogen and oxygen atoms in total. The van der Waals surface area contributed by atoms with Gasteiger partial charge in [-0.25, -0.2) is 0 Å². The Labute approximate surface area is 91.6 Å². The molecule has 70 valence electrons. The zero-order valence-electron chi connectivity index (χ0n) is 7.20. The molecule has 1 atom stereocenters. The first kappa shape index (κ1) is 10.5. The van der Waals surface area contributed by atoms with Crippen molar-refractivity contribution in [2.24, 2.45) is 5.73 Å². The van der Waals surface area contributed by atoms with E-state index in [1.165, 1.54) is 0 Å². The second-order valence-electron chi connectivity index (χ2n) is 2.84. The smallest absolute Gasteiger partial charge is 0.116 e. The third kappa shape index (κ3) is 2.70. The predicted octanol–water partition coefficient (Wildman–Crippen LogP) is 2.57. The van der Waals surface area contributed by atoms with Crippen molar-refractivity contribution in [2.45, 2.75) is 12.5 Å². The zero-order valence-corrected chi connectivity index (χ0v) is 9.36. The van der Waals surface area contributed by atoms with Crippen molar-refractivity contribution >= 4 is 22.6 Å². The molecule has 0 saturated heterocycles. The molecule has 0 aliphatic rings. The van der Waals surface area contributed by atoms with E-state index in [0.717, 1.165) is 15.6 Å². The molecule has 1 aromatic rings. The largest absolute Gasteiger partial charge is 0.508 e. The molecule has 0 radical (unpaired) electrons. The van der Waals surface area contributed by atoms with Gasteiger partial charge in [0.15, 0.2) is 0 Å². The van der Waals surface area contributed by atoms with Crippen molar-refractivity contribution in [2.75, 3.05) is 0 Å². The molecule has 1 aromatic carbocycles. The highest BCUT2D eigenvalue weighted by Gasteiger charge is 2.08. The second kappa shape index (κ2) is 4.62. The lowest BCUT2D eigenvalue weighted by atomic mass is 10.0. The summed E-state index contributed by atoms with van der Waals surface area (Å²) >= 11 is 2.17. The molecule has 0 aromatic heterocycles. The molecule has 1 unspecified atom stereocenters. The summed E-state index contributed by atoms with van der Waals surface area (Å²) in [6, 6.07) is 5.19. The Kier molecular flexibility index (Phi) is 3.74. The number of phenols is 1. The average molecular weight is 289 g/mol. The fraction of sp³-hybridized carbons (Fsp3) is 0.200. The first-order valence-electron chi connectivity index (χ1n) is 4.00. The highest BCUT2D eigenvalue weighted by atomic mass is 127. The van der Waals surface area contributed by atoms with E-state index in [1.54, 1.807) is 18.2 Å². The van der Waals surface area contributed by atoms with Gasteiger partial charge in [-0.15, -0.1) is 6.58 Å². The monoisotopic (exact) mass is 289 g/mol. The van der Waals surface area contributed by atoms with Crippen LogP contribution in [0.1, 0.15) is 18.0 Å². The number of phenolic OH excluding ortho intramolecular Hbond substituents is 1. The van der Waals surface area contributed by atoms with Crippen LogP contribution in [0.2, 0.25) is 0 Å². The molecule has 0 spiro atoms. The van der Waals surface area contributed by atoms with Gasteiger partial charge in [-0.1, -0.05) is 12.1 Å². The number of benzene rings is 1. The number of hydrogen-bond acceptors (Lipinski definition) is 2. The summed E-state index contributed by atoms with van der Waals surface area (Å²) < 4.78 is 0.993. The lowest BCUT2D eigenvalue weighted by Gasteiger charge is -2.11. The summed E-state index contributed by atoms with van der Waals surface area (Å²) in [5.41, 5.74) is 6.95. The van der Waals surface area contributed by atoms with Crippen LogP contribution in [0.5, 0.6) is 5.75 Å². The van der Waals surface area contributed by atoms with Crippen molar-refractivity contribution < 1.29 is 5.11 Å². The Balaban J connectivity index is 2.94. The van der Waals surface area contributed by atoms with Crippen LogP contribution in [0.25, 0.3) is 0 Å². The Morgan fingerprint density at radius 2 is 2.31 bits per heavy atom. The molecular weight excluding hydrogens is 277 g/mol. The Hall–Kier alpha value is -0.550. The maximum absolute atomic E-state index is 9.18. The van der Waals surface area contributed by atoms with Crippen LogP contribution >= 0.6 is 22.6 Å². The van der Waals surface area contributed by atoms with Gasteiger partial charge in [0.2, 0.25) is 0 Å². The van der Waals surface area contributed by atoms with Gasteiger partial charge in [0.05, 0.1) is 0 Å². The number of hydrogen-bond donors (Lipinski definition) is 2. The summed E-state index contributed by atoms with van der Waals surface area (Å²) in [7, 11) is 0. The van der Waals surface area contributed by atoms with Crippen molar-refractivity contribution in [3.8, 4) is 5.75 Å². The normalized spacial score (nSPS) is 12.5. The minimum atomic E-state index is -0.0231. The highest BCUT2D eigenvalue weighted by Crippen LogP contribution is 2.24. The van der Waals surface area contributed by atoms with E-state index in [0.29, 0.717) is 0 Å². The van der Waals surface area contributed by atoms with Gasteiger partial charge in [-0.2, -0.15) is 0 Å². The van der Waals surface area contributed by atoms with Crippen LogP contribution in [0.3, 0.4) is 0 Å². The standard InChI is InChI=1S/C10H12INO/c1-2-3-10(12)8-5-4-7(13)6-9(8)11/h2,4-6,10,13H,1,3,12H2. The minimum Gasteiger partial charge on any atom is -0.508 e. The SMILES string of the molecule is C=CCC(N)c1ccc(O)cc1I. The molecule has 0 aliphatic heterocycles. The van der Waals surface area contributed by atoms with Crippen LogP contribution in [0.15, 0.2) is 30.9 Å². The van der Waals surface area contributed by atoms with Crippen LogP contribution in [0, 0.1) is 3.57 Å². The fourth-order valence-electron chi connectivity index (χ4n) is 1.12. The van der Waals surface area contributed by atoms with E-state index in [2.05, 4.69) is 29.2 Å². The molecule has 1 rings (SSSR count). The molecular formula is C10H12INO. The van der Waals surface area contributed by atoms with E-state index in [-0.39, 0.29) is 11.8 Å². The number of aromatic hydroxyl groups is 1.